The second-order valence-electron chi connectivity index (χ2n) is 7.27. The fraction of sp³-hybridized carbons (Fsp3) is 0.238. The normalized spacial score (nSPS) is 23.5. The van der Waals surface area contributed by atoms with Crippen LogP contribution in [0.4, 0.5) is 14.5 Å². The molecule has 7 nitrogen and oxygen atoms in total. The Morgan fingerprint density at radius 3 is 2.72 bits per heavy atom. The second kappa shape index (κ2) is 7.86. The number of esters is 1. The fourth-order valence-corrected chi connectivity index (χ4v) is 4.89. The van der Waals surface area contributed by atoms with Crippen LogP contribution in [-0.2, 0) is 15.1 Å². The van der Waals surface area contributed by atoms with E-state index < -0.39 is 33.8 Å². The number of carbonyl (C=O) groups is 2. The predicted octanol–water partition coefficient (Wildman–Crippen LogP) is 3.78. The van der Waals surface area contributed by atoms with Crippen LogP contribution < -0.4 is 11.1 Å². The van der Waals surface area contributed by atoms with Crippen molar-refractivity contribution in [1.29, 1.82) is 0 Å². The van der Waals surface area contributed by atoms with E-state index in [-0.39, 0.29) is 28.7 Å². The number of carbonyl (C=O) groups excluding carboxylic acids is 2. The van der Waals surface area contributed by atoms with Crippen LogP contribution in [0.3, 0.4) is 0 Å². The first-order valence-electron chi connectivity index (χ1n) is 9.48. The molecule has 4 rings (SSSR count). The quantitative estimate of drug-likeness (QED) is 0.500. The van der Waals surface area contributed by atoms with Crippen LogP contribution >= 0.6 is 23.4 Å². The van der Waals surface area contributed by atoms with Gasteiger partial charge in [0.25, 0.3) is 5.91 Å². The van der Waals surface area contributed by atoms with Crippen molar-refractivity contribution in [2.45, 2.75) is 24.1 Å². The summed E-state index contributed by atoms with van der Waals surface area (Å²) in [7, 11) is 0. The average molecular weight is 479 g/mol. The number of rotatable bonds is 5. The van der Waals surface area contributed by atoms with Gasteiger partial charge in [-0.3, -0.25) is 4.79 Å². The fourth-order valence-electron chi connectivity index (χ4n) is 3.60. The Morgan fingerprint density at radius 2 is 2.06 bits per heavy atom. The van der Waals surface area contributed by atoms with Crippen molar-refractivity contribution >= 4 is 46.1 Å². The number of amidine groups is 1. The lowest BCUT2D eigenvalue weighted by Gasteiger charge is -2.33. The molecule has 0 bridgehead atoms. The van der Waals surface area contributed by atoms with Crippen LogP contribution in [0.1, 0.15) is 29.9 Å². The van der Waals surface area contributed by atoms with Gasteiger partial charge in [0.1, 0.15) is 11.2 Å². The van der Waals surface area contributed by atoms with Gasteiger partial charge in [0.15, 0.2) is 21.5 Å². The molecule has 2 aromatic rings. The number of halogens is 3. The number of aliphatic imine (C=N–C) groups is 1. The molecule has 2 heterocycles. The highest BCUT2D eigenvalue weighted by Gasteiger charge is 2.63. The molecule has 0 unspecified atom stereocenters. The molecule has 2 aliphatic rings. The van der Waals surface area contributed by atoms with E-state index in [1.54, 1.807) is 13.0 Å². The van der Waals surface area contributed by atoms with E-state index in [1.165, 1.54) is 31.3 Å². The molecule has 1 aliphatic carbocycles. The van der Waals surface area contributed by atoms with Crippen LogP contribution in [0.2, 0.25) is 5.02 Å². The van der Waals surface area contributed by atoms with Crippen LogP contribution in [-0.4, -0.2) is 33.4 Å². The number of nitrogens with zero attached hydrogens (tertiary/aromatic N) is 2. The molecule has 2 atom stereocenters. The number of hydrogen-bond donors (Lipinski definition) is 2. The van der Waals surface area contributed by atoms with Crippen LogP contribution in [0.15, 0.2) is 47.1 Å². The van der Waals surface area contributed by atoms with Gasteiger partial charge in [-0.1, -0.05) is 23.4 Å². The van der Waals surface area contributed by atoms with Crippen molar-refractivity contribution in [1.82, 2.24) is 4.98 Å². The molecule has 0 saturated heterocycles. The van der Waals surface area contributed by atoms with Gasteiger partial charge < -0.3 is 15.8 Å². The molecule has 1 aromatic heterocycles. The third-order valence-electron chi connectivity index (χ3n) is 5.14. The highest BCUT2D eigenvalue weighted by atomic mass is 35.5. The monoisotopic (exact) mass is 478 g/mol. The Bertz CT molecular complexity index is 1200. The van der Waals surface area contributed by atoms with E-state index >= 15 is 0 Å². The Labute approximate surface area is 191 Å². The first-order chi connectivity index (χ1) is 15.1. The Kier molecular flexibility index (Phi) is 5.46. The summed E-state index contributed by atoms with van der Waals surface area (Å²) in [6.07, 6.45) is 2.87. The molecule has 32 heavy (non-hydrogen) atoms. The molecule has 1 aliphatic heterocycles. The number of ether oxygens (including phenoxy) is 1. The zero-order valence-electron chi connectivity index (χ0n) is 16.9. The number of fused-ring (bicyclic) bond motifs is 1. The minimum atomic E-state index is -1.47. The summed E-state index contributed by atoms with van der Waals surface area (Å²) in [5.41, 5.74) is 4.75. The zero-order valence-corrected chi connectivity index (χ0v) is 18.5. The van der Waals surface area contributed by atoms with Crippen LogP contribution in [0, 0.1) is 11.6 Å². The summed E-state index contributed by atoms with van der Waals surface area (Å²) in [6.45, 7) is 3.34. The molecule has 0 radical (unpaired) electrons. The number of pyridine rings is 1. The van der Waals surface area contributed by atoms with Gasteiger partial charge in [0.05, 0.1) is 11.6 Å². The maximum atomic E-state index is 14.9. The van der Waals surface area contributed by atoms with E-state index in [0.717, 1.165) is 17.8 Å². The SMILES string of the molecule is CCOC(=O)[C@]12C=C1[C@@](C)(c1cc(NC(=O)c3ccc(Cl)cn3)cc(F)c1F)N=C(N)S2. The number of benzene rings is 1. The number of amides is 1. The molecular weight excluding hydrogens is 462 g/mol. The molecule has 0 spiro atoms. The summed E-state index contributed by atoms with van der Waals surface area (Å²) in [5.74, 6) is -3.55. The van der Waals surface area contributed by atoms with Gasteiger partial charge in [-0.15, -0.1) is 0 Å². The zero-order chi connectivity index (χ0) is 23.3. The Hall–Kier alpha value is -2.98. The summed E-state index contributed by atoms with van der Waals surface area (Å²) >= 11 is 6.76. The smallest absolute Gasteiger partial charge is 0.331 e. The molecule has 1 aromatic carbocycles. The van der Waals surface area contributed by atoms with Crippen molar-refractivity contribution in [2.75, 3.05) is 11.9 Å². The first kappa shape index (κ1) is 22.2. The van der Waals surface area contributed by atoms with Crippen molar-refractivity contribution in [3.63, 3.8) is 0 Å². The number of thioether (sulfide) groups is 1. The standard InChI is InChI=1S/C21H17ClF2N4O3S/c1-3-31-18(30)21-8-15(21)20(2,28-19(25)32-21)12-6-11(7-13(23)16(12)24)27-17(29)14-5-4-10(22)9-26-14/h4-9H,3H2,1-2H3,(H2,25,28)(H,27,29)/t20-,21+/m1/s1. The van der Waals surface area contributed by atoms with E-state index in [4.69, 9.17) is 22.1 Å². The Morgan fingerprint density at radius 1 is 1.31 bits per heavy atom. The van der Waals surface area contributed by atoms with Crippen molar-refractivity contribution < 1.29 is 23.1 Å². The van der Waals surface area contributed by atoms with Crippen LogP contribution in [0.5, 0.6) is 0 Å². The average Bonchev–Trinajstić information content (AvgIpc) is 3.48. The maximum Gasteiger partial charge on any atom is 0.331 e. The largest absolute Gasteiger partial charge is 0.464 e. The van der Waals surface area contributed by atoms with Gasteiger partial charge >= 0.3 is 5.97 Å². The lowest BCUT2D eigenvalue weighted by atomic mass is 9.86. The van der Waals surface area contributed by atoms with Crippen molar-refractivity contribution in [3.8, 4) is 0 Å². The van der Waals surface area contributed by atoms with Gasteiger partial charge in [0, 0.05) is 23.5 Å². The third-order valence-corrected chi connectivity index (χ3v) is 6.49. The van der Waals surface area contributed by atoms with E-state index in [1.807, 2.05) is 0 Å². The van der Waals surface area contributed by atoms with Crippen molar-refractivity contribution in [2.24, 2.45) is 10.7 Å². The molecule has 0 saturated carbocycles. The topological polar surface area (TPSA) is 107 Å². The van der Waals surface area contributed by atoms with Crippen LogP contribution in [0.25, 0.3) is 0 Å². The highest BCUT2D eigenvalue weighted by molar-refractivity contribution is 8.16. The predicted molar refractivity (Wildman–Crippen MR) is 118 cm³/mol. The van der Waals surface area contributed by atoms with Gasteiger partial charge in [-0.25, -0.2) is 23.6 Å². The van der Waals surface area contributed by atoms with Gasteiger partial charge in [-0.2, -0.15) is 0 Å². The van der Waals surface area contributed by atoms with E-state index in [0.29, 0.717) is 10.6 Å². The minimum absolute atomic E-state index is 0.0168. The molecule has 3 N–H and O–H groups in total. The lowest BCUT2D eigenvalue weighted by Crippen LogP contribution is -2.39. The molecule has 11 heteroatoms. The summed E-state index contributed by atoms with van der Waals surface area (Å²) in [6, 6.07) is 4.98. The molecule has 0 fully saturated rings. The number of nitrogens with two attached hydrogens (primary N) is 1. The first-order valence-corrected chi connectivity index (χ1v) is 10.7. The van der Waals surface area contributed by atoms with Crippen molar-refractivity contribution in [3.05, 3.63) is 70.0 Å². The summed E-state index contributed by atoms with van der Waals surface area (Å²) < 4.78 is 33.4. The van der Waals surface area contributed by atoms with Gasteiger partial charge in [-0.05, 0) is 43.7 Å². The molecular formula is C21H17ClF2N4O3S. The number of nitrogens with one attached hydrogen (secondary N) is 1. The lowest BCUT2D eigenvalue weighted by molar-refractivity contribution is -0.142. The summed E-state index contributed by atoms with van der Waals surface area (Å²) in [5, 5.41) is 2.86. The molecule has 166 valence electrons. The van der Waals surface area contributed by atoms with Gasteiger partial charge in [0.2, 0.25) is 0 Å². The second-order valence-corrected chi connectivity index (χ2v) is 8.98. The highest BCUT2D eigenvalue weighted by Crippen LogP contribution is 2.60. The number of hydrogen-bond acceptors (Lipinski definition) is 7. The van der Waals surface area contributed by atoms with E-state index in [2.05, 4.69) is 15.3 Å². The Balaban J connectivity index is 1.71. The minimum Gasteiger partial charge on any atom is -0.464 e. The number of anilines is 1. The maximum absolute atomic E-state index is 14.9. The number of aromatic nitrogens is 1. The third kappa shape index (κ3) is 3.63. The van der Waals surface area contributed by atoms with E-state index in [9.17, 15) is 18.4 Å². The summed E-state index contributed by atoms with van der Waals surface area (Å²) in [4.78, 5) is 33.2. The molecule has 1 amide bonds.